The average molecular weight is 268 g/mol. The van der Waals surface area contributed by atoms with Crippen molar-refractivity contribution in [2.45, 2.75) is 25.0 Å². The summed E-state index contributed by atoms with van der Waals surface area (Å²) in [4.78, 5) is 4.23. The number of halogens is 1. The molecule has 0 radical (unpaired) electrons. The van der Waals surface area contributed by atoms with Crippen molar-refractivity contribution in [2.24, 2.45) is 0 Å². The van der Waals surface area contributed by atoms with Crippen molar-refractivity contribution >= 4 is 5.82 Å². The summed E-state index contributed by atoms with van der Waals surface area (Å²) in [5.41, 5.74) is 0. The van der Waals surface area contributed by atoms with Gasteiger partial charge < -0.3 is 10.0 Å². The second-order valence-corrected chi connectivity index (χ2v) is 5.07. The second-order valence-electron chi connectivity index (χ2n) is 5.07. The van der Waals surface area contributed by atoms with Crippen molar-refractivity contribution in [3.05, 3.63) is 18.3 Å². The van der Waals surface area contributed by atoms with Crippen LogP contribution in [0.25, 0.3) is 0 Å². The third kappa shape index (κ3) is 3.84. The maximum absolute atomic E-state index is 12.4. The summed E-state index contributed by atoms with van der Waals surface area (Å²) in [6.07, 6.45) is 2.90. The standard InChI is InChI=1S/C13H21FN4O/c1-17(10-12(19)8-14)11-4-3-7-18(9-11)13-5-2-6-15-16-13/h2,5-6,11-12,19H,3-4,7-10H2,1H3. The van der Waals surface area contributed by atoms with E-state index >= 15 is 0 Å². The topological polar surface area (TPSA) is 52.5 Å². The molecule has 1 aromatic heterocycles. The van der Waals surface area contributed by atoms with Gasteiger partial charge in [0.15, 0.2) is 5.82 Å². The van der Waals surface area contributed by atoms with Gasteiger partial charge in [0.05, 0.1) is 6.10 Å². The molecule has 2 rings (SSSR count). The fourth-order valence-corrected chi connectivity index (χ4v) is 2.51. The molecule has 0 spiro atoms. The minimum atomic E-state index is -0.892. The number of piperidine rings is 1. The number of aliphatic hydroxyl groups excluding tert-OH is 1. The number of likely N-dealkylation sites (N-methyl/N-ethyl adjacent to an activating group) is 1. The first kappa shape index (κ1) is 14.1. The number of aliphatic hydroxyl groups is 1. The Bertz CT molecular complexity index is 378. The smallest absolute Gasteiger partial charge is 0.151 e. The highest BCUT2D eigenvalue weighted by Gasteiger charge is 2.25. The van der Waals surface area contributed by atoms with E-state index in [0.717, 1.165) is 31.7 Å². The lowest BCUT2D eigenvalue weighted by Gasteiger charge is -2.38. The summed E-state index contributed by atoms with van der Waals surface area (Å²) in [7, 11) is 1.93. The molecular formula is C13H21FN4O. The van der Waals surface area contributed by atoms with Crippen LogP contribution in [0.1, 0.15) is 12.8 Å². The van der Waals surface area contributed by atoms with Crippen LogP contribution in [0, 0.1) is 0 Å². The number of hydrogen-bond acceptors (Lipinski definition) is 5. The lowest BCUT2D eigenvalue weighted by molar-refractivity contribution is 0.0791. The molecular weight excluding hydrogens is 247 g/mol. The number of rotatable bonds is 5. The van der Waals surface area contributed by atoms with Gasteiger partial charge in [0.25, 0.3) is 0 Å². The molecule has 2 atom stereocenters. The van der Waals surface area contributed by atoms with Gasteiger partial charge in [-0.15, -0.1) is 5.10 Å². The normalized spacial score (nSPS) is 21.7. The number of nitrogens with zero attached hydrogens (tertiary/aromatic N) is 4. The van der Waals surface area contributed by atoms with Gasteiger partial charge >= 0.3 is 0 Å². The van der Waals surface area contributed by atoms with E-state index in [1.54, 1.807) is 6.20 Å². The third-order valence-electron chi connectivity index (χ3n) is 3.58. The average Bonchev–Trinajstić information content (AvgIpc) is 2.48. The first-order valence-electron chi connectivity index (χ1n) is 6.67. The maximum Gasteiger partial charge on any atom is 0.151 e. The molecule has 2 unspecified atom stereocenters. The summed E-state index contributed by atoms with van der Waals surface area (Å²) in [6.45, 7) is 1.49. The minimum absolute atomic E-state index is 0.317. The van der Waals surface area contributed by atoms with E-state index in [1.807, 2.05) is 24.1 Å². The molecule has 1 aromatic rings. The zero-order chi connectivity index (χ0) is 13.7. The van der Waals surface area contributed by atoms with Crippen molar-refractivity contribution in [1.29, 1.82) is 0 Å². The number of alkyl halides is 1. The Morgan fingerprint density at radius 3 is 3.16 bits per heavy atom. The van der Waals surface area contributed by atoms with E-state index in [1.165, 1.54) is 0 Å². The van der Waals surface area contributed by atoms with E-state index in [2.05, 4.69) is 15.1 Å². The van der Waals surface area contributed by atoms with Crippen molar-refractivity contribution in [3.8, 4) is 0 Å². The van der Waals surface area contributed by atoms with Crippen molar-refractivity contribution in [2.75, 3.05) is 38.3 Å². The highest BCUT2D eigenvalue weighted by atomic mass is 19.1. The number of aromatic nitrogens is 2. The van der Waals surface area contributed by atoms with Crippen molar-refractivity contribution in [3.63, 3.8) is 0 Å². The van der Waals surface area contributed by atoms with Gasteiger partial charge in [-0.2, -0.15) is 5.10 Å². The Balaban J connectivity index is 1.93. The molecule has 0 amide bonds. The molecule has 0 bridgehead atoms. The quantitative estimate of drug-likeness (QED) is 0.852. The van der Waals surface area contributed by atoms with Crippen LogP contribution >= 0.6 is 0 Å². The molecule has 5 nitrogen and oxygen atoms in total. The summed E-state index contributed by atoms with van der Waals surface area (Å²) >= 11 is 0. The van der Waals surface area contributed by atoms with Crippen LogP contribution in [0.15, 0.2) is 18.3 Å². The summed E-state index contributed by atoms with van der Waals surface area (Å²) < 4.78 is 12.4. The predicted molar refractivity (Wildman–Crippen MR) is 71.9 cm³/mol. The van der Waals surface area contributed by atoms with Crippen LogP contribution in [0.2, 0.25) is 0 Å². The van der Waals surface area contributed by atoms with Gasteiger partial charge in [-0.05, 0) is 32.0 Å². The van der Waals surface area contributed by atoms with E-state index < -0.39 is 12.8 Å². The van der Waals surface area contributed by atoms with Crippen LogP contribution in [-0.4, -0.2) is 65.7 Å². The molecule has 1 N–H and O–H groups in total. The SMILES string of the molecule is CN(CC(O)CF)C1CCCN(c2cccnn2)C1. The molecule has 6 heteroatoms. The van der Waals surface area contributed by atoms with E-state index in [9.17, 15) is 9.50 Å². The fraction of sp³-hybridized carbons (Fsp3) is 0.692. The highest BCUT2D eigenvalue weighted by Crippen LogP contribution is 2.19. The third-order valence-corrected chi connectivity index (χ3v) is 3.58. The minimum Gasteiger partial charge on any atom is -0.389 e. The molecule has 1 aliphatic rings. The Labute approximate surface area is 113 Å². The second kappa shape index (κ2) is 6.77. The van der Waals surface area contributed by atoms with Crippen LogP contribution in [0.3, 0.4) is 0 Å². The first-order chi connectivity index (χ1) is 9.20. The van der Waals surface area contributed by atoms with E-state index in [4.69, 9.17) is 0 Å². The number of hydrogen-bond donors (Lipinski definition) is 1. The number of anilines is 1. The maximum atomic E-state index is 12.4. The molecule has 19 heavy (non-hydrogen) atoms. The summed E-state index contributed by atoms with van der Waals surface area (Å²) in [5, 5.41) is 17.4. The highest BCUT2D eigenvalue weighted by molar-refractivity contribution is 5.37. The first-order valence-corrected chi connectivity index (χ1v) is 6.67. The van der Waals surface area contributed by atoms with Gasteiger partial charge in [0, 0.05) is 31.9 Å². The Kier molecular flexibility index (Phi) is 5.04. The van der Waals surface area contributed by atoms with Crippen molar-refractivity contribution < 1.29 is 9.50 Å². The monoisotopic (exact) mass is 268 g/mol. The molecule has 1 saturated heterocycles. The van der Waals surface area contributed by atoms with Crippen LogP contribution in [-0.2, 0) is 0 Å². The Morgan fingerprint density at radius 1 is 1.63 bits per heavy atom. The molecule has 0 aromatic carbocycles. The largest absolute Gasteiger partial charge is 0.389 e. The molecule has 0 aliphatic carbocycles. The van der Waals surface area contributed by atoms with E-state index in [-0.39, 0.29) is 0 Å². The lowest BCUT2D eigenvalue weighted by atomic mass is 10.0. The summed E-state index contributed by atoms with van der Waals surface area (Å²) in [5.74, 6) is 0.881. The molecule has 1 fully saturated rings. The predicted octanol–water partition coefficient (Wildman–Crippen LogP) is 0.708. The molecule has 0 saturated carbocycles. The lowest BCUT2D eigenvalue weighted by Crippen LogP contribution is -2.49. The van der Waals surface area contributed by atoms with Gasteiger partial charge in [0.2, 0.25) is 0 Å². The van der Waals surface area contributed by atoms with Crippen LogP contribution in [0.4, 0.5) is 10.2 Å². The Hall–Kier alpha value is -1.27. The summed E-state index contributed by atoms with van der Waals surface area (Å²) in [6, 6.07) is 4.14. The Morgan fingerprint density at radius 2 is 2.47 bits per heavy atom. The zero-order valence-corrected chi connectivity index (χ0v) is 11.2. The van der Waals surface area contributed by atoms with Gasteiger partial charge in [-0.25, -0.2) is 4.39 Å². The van der Waals surface area contributed by atoms with Crippen LogP contribution < -0.4 is 4.90 Å². The van der Waals surface area contributed by atoms with Gasteiger partial charge in [-0.3, -0.25) is 4.90 Å². The van der Waals surface area contributed by atoms with Crippen LogP contribution in [0.5, 0.6) is 0 Å². The van der Waals surface area contributed by atoms with Crippen molar-refractivity contribution in [1.82, 2.24) is 15.1 Å². The fourth-order valence-electron chi connectivity index (χ4n) is 2.51. The molecule has 1 aliphatic heterocycles. The zero-order valence-electron chi connectivity index (χ0n) is 11.2. The molecule has 106 valence electrons. The van der Waals surface area contributed by atoms with E-state index in [0.29, 0.717) is 12.6 Å². The van der Waals surface area contributed by atoms with Gasteiger partial charge in [-0.1, -0.05) is 0 Å². The van der Waals surface area contributed by atoms with Gasteiger partial charge in [0.1, 0.15) is 6.67 Å². The molecule has 2 heterocycles.